The van der Waals surface area contributed by atoms with Crippen LogP contribution in [0, 0.1) is 0 Å². The predicted molar refractivity (Wildman–Crippen MR) is 65.3 cm³/mol. The standard InChI is InChI=1S/C13H23NO2/c1-10(8-9-16-11(2)15)6-7-12-13(3,4)14(12)5/h8,12H,6-7,9H2,1-5H3/b10-8+/t12-,14?/m0/s1. The molecule has 1 fully saturated rings. The second kappa shape index (κ2) is 5.00. The van der Waals surface area contributed by atoms with Gasteiger partial charge in [0.2, 0.25) is 0 Å². The van der Waals surface area contributed by atoms with E-state index in [1.807, 2.05) is 6.08 Å². The van der Waals surface area contributed by atoms with E-state index in [0.717, 1.165) is 6.42 Å². The topological polar surface area (TPSA) is 29.3 Å². The Labute approximate surface area is 98.5 Å². The Morgan fingerprint density at radius 1 is 1.44 bits per heavy atom. The summed E-state index contributed by atoms with van der Waals surface area (Å²) < 4.78 is 4.87. The number of nitrogens with zero attached hydrogens (tertiary/aromatic N) is 1. The van der Waals surface area contributed by atoms with Crippen molar-refractivity contribution in [2.24, 2.45) is 0 Å². The molecule has 0 bridgehead atoms. The van der Waals surface area contributed by atoms with Crippen molar-refractivity contribution in [2.45, 2.75) is 52.1 Å². The van der Waals surface area contributed by atoms with E-state index in [0.29, 0.717) is 18.2 Å². The van der Waals surface area contributed by atoms with E-state index in [9.17, 15) is 4.79 Å². The Bertz CT molecular complexity index is 294. The minimum atomic E-state index is -0.216. The third-order valence-electron chi connectivity index (χ3n) is 3.65. The zero-order valence-electron chi connectivity index (χ0n) is 11.0. The summed E-state index contributed by atoms with van der Waals surface area (Å²) in [6.07, 6.45) is 4.27. The average molecular weight is 225 g/mol. The van der Waals surface area contributed by atoms with Crippen molar-refractivity contribution < 1.29 is 9.53 Å². The zero-order chi connectivity index (χ0) is 12.3. The van der Waals surface area contributed by atoms with Crippen molar-refractivity contribution in [2.75, 3.05) is 13.7 Å². The fraction of sp³-hybridized carbons (Fsp3) is 0.769. The summed E-state index contributed by atoms with van der Waals surface area (Å²) >= 11 is 0. The van der Waals surface area contributed by atoms with Crippen molar-refractivity contribution in [3.05, 3.63) is 11.6 Å². The molecule has 2 atom stereocenters. The van der Waals surface area contributed by atoms with Crippen LogP contribution >= 0.6 is 0 Å². The summed E-state index contributed by atoms with van der Waals surface area (Å²) in [4.78, 5) is 13.0. The maximum absolute atomic E-state index is 10.6. The monoisotopic (exact) mass is 225 g/mol. The van der Waals surface area contributed by atoms with E-state index < -0.39 is 0 Å². The van der Waals surface area contributed by atoms with Crippen LogP contribution in [0.3, 0.4) is 0 Å². The van der Waals surface area contributed by atoms with E-state index in [1.165, 1.54) is 18.9 Å². The maximum atomic E-state index is 10.6. The van der Waals surface area contributed by atoms with Crippen LogP contribution in [0.25, 0.3) is 0 Å². The highest BCUT2D eigenvalue weighted by Gasteiger charge is 2.51. The summed E-state index contributed by atoms with van der Waals surface area (Å²) in [5.74, 6) is -0.216. The number of carbonyl (C=O) groups excluding carboxylic acids is 1. The molecule has 3 heteroatoms. The van der Waals surface area contributed by atoms with Crippen LogP contribution in [-0.4, -0.2) is 36.1 Å². The quantitative estimate of drug-likeness (QED) is 0.409. The number of ether oxygens (including phenoxy) is 1. The first-order valence-electron chi connectivity index (χ1n) is 5.87. The molecule has 1 saturated heterocycles. The molecule has 1 aliphatic rings. The van der Waals surface area contributed by atoms with Crippen LogP contribution < -0.4 is 0 Å². The summed E-state index contributed by atoms with van der Waals surface area (Å²) in [7, 11) is 2.17. The van der Waals surface area contributed by atoms with Gasteiger partial charge in [0.05, 0.1) is 0 Å². The van der Waals surface area contributed by atoms with Gasteiger partial charge in [-0.3, -0.25) is 9.69 Å². The van der Waals surface area contributed by atoms with E-state index in [4.69, 9.17) is 4.74 Å². The average Bonchev–Trinajstić information content (AvgIpc) is 2.62. The van der Waals surface area contributed by atoms with Crippen LogP contribution in [0.5, 0.6) is 0 Å². The van der Waals surface area contributed by atoms with E-state index in [-0.39, 0.29) is 5.97 Å². The number of allylic oxidation sites excluding steroid dienone is 1. The van der Waals surface area contributed by atoms with Gasteiger partial charge in [0.1, 0.15) is 6.61 Å². The molecule has 1 heterocycles. The van der Waals surface area contributed by atoms with Gasteiger partial charge in [0, 0.05) is 18.5 Å². The van der Waals surface area contributed by atoms with Crippen LogP contribution in [0.1, 0.15) is 40.5 Å². The molecule has 1 aliphatic heterocycles. The molecule has 0 aromatic carbocycles. The highest BCUT2D eigenvalue weighted by molar-refractivity contribution is 5.66. The maximum Gasteiger partial charge on any atom is 0.302 e. The molecule has 0 N–H and O–H groups in total. The van der Waals surface area contributed by atoms with Gasteiger partial charge in [-0.15, -0.1) is 0 Å². The van der Waals surface area contributed by atoms with E-state index >= 15 is 0 Å². The Morgan fingerprint density at radius 3 is 2.44 bits per heavy atom. The Hall–Kier alpha value is -0.830. The molecule has 92 valence electrons. The second-order valence-corrected chi connectivity index (χ2v) is 5.17. The van der Waals surface area contributed by atoms with E-state index in [1.54, 1.807) is 0 Å². The number of rotatable bonds is 5. The van der Waals surface area contributed by atoms with Crippen molar-refractivity contribution in [3.63, 3.8) is 0 Å². The smallest absolute Gasteiger partial charge is 0.302 e. The van der Waals surface area contributed by atoms with Gasteiger partial charge in [-0.2, -0.15) is 0 Å². The summed E-state index contributed by atoms with van der Waals surface area (Å²) in [5.41, 5.74) is 1.67. The van der Waals surface area contributed by atoms with Gasteiger partial charge in [-0.25, -0.2) is 0 Å². The van der Waals surface area contributed by atoms with Crippen LogP contribution in [0.2, 0.25) is 0 Å². The minimum absolute atomic E-state index is 0.216. The third-order valence-corrected chi connectivity index (χ3v) is 3.65. The molecule has 0 spiro atoms. The third kappa shape index (κ3) is 3.34. The molecule has 3 nitrogen and oxygen atoms in total. The minimum Gasteiger partial charge on any atom is -0.462 e. The molecular weight excluding hydrogens is 202 g/mol. The van der Waals surface area contributed by atoms with Gasteiger partial charge >= 0.3 is 5.97 Å². The Morgan fingerprint density at radius 2 is 2.00 bits per heavy atom. The Balaban J connectivity index is 2.21. The molecule has 0 amide bonds. The number of carbonyl (C=O) groups is 1. The molecular formula is C13H23NO2. The molecule has 0 aromatic heterocycles. The molecule has 1 unspecified atom stereocenters. The molecule has 0 saturated carbocycles. The van der Waals surface area contributed by atoms with E-state index in [2.05, 4.69) is 32.7 Å². The number of esters is 1. The van der Waals surface area contributed by atoms with Gasteiger partial charge in [0.15, 0.2) is 0 Å². The lowest BCUT2D eigenvalue weighted by molar-refractivity contribution is -0.139. The lowest BCUT2D eigenvalue weighted by atomic mass is 10.0. The molecule has 16 heavy (non-hydrogen) atoms. The summed E-state index contributed by atoms with van der Waals surface area (Å²) in [6.45, 7) is 8.49. The molecule has 1 rings (SSSR count). The fourth-order valence-electron chi connectivity index (χ4n) is 2.09. The second-order valence-electron chi connectivity index (χ2n) is 5.17. The highest BCUT2D eigenvalue weighted by atomic mass is 16.5. The van der Waals surface area contributed by atoms with Crippen molar-refractivity contribution >= 4 is 5.97 Å². The van der Waals surface area contributed by atoms with Crippen LogP contribution in [-0.2, 0) is 9.53 Å². The fourth-order valence-corrected chi connectivity index (χ4v) is 2.09. The first kappa shape index (κ1) is 13.2. The lowest BCUT2D eigenvalue weighted by Gasteiger charge is -2.02. The summed E-state index contributed by atoms with van der Waals surface area (Å²) in [6, 6.07) is 0.699. The first-order valence-corrected chi connectivity index (χ1v) is 5.87. The van der Waals surface area contributed by atoms with Crippen molar-refractivity contribution in [3.8, 4) is 0 Å². The van der Waals surface area contributed by atoms with Gasteiger partial charge in [0.25, 0.3) is 0 Å². The number of likely N-dealkylation sites (N-methyl/N-ethyl adjacent to an activating group) is 1. The molecule has 0 aliphatic carbocycles. The molecule has 0 radical (unpaired) electrons. The molecule has 0 aromatic rings. The largest absolute Gasteiger partial charge is 0.462 e. The van der Waals surface area contributed by atoms with Gasteiger partial charge in [-0.05, 0) is 46.7 Å². The summed E-state index contributed by atoms with van der Waals surface area (Å²) in [5, 5.41) is 0. The van der Waals surface area contributed by atoms with Crippen LogP contribution in [0.15, 0.2) is 11.6 Å². The van der Waals surface area contributed by atoms with Crippen molar-refractivity contribution in [1.29, 1.82) is 0 Å². The number of hydrogen-bond acceptors (Lipinski definition) is 3. The van der Waals surface area contributed by atoms with Crippen LogP contribution in [0.4, 0.5) is 0 Å². The van der Waals surface area contributed by atoms with Gasteiger partial charge in [-0.1, -0.05) is 5.57 Å². The normalized spacial score (nSPS) is 27.7. The first-order chi connectivity index (χ1) is 7.35. The predicted octanol–water partition coefficient (Wildman–Crippen LogP) is 2.37. The zero-order valence-corrected chi connectivity index (χ0v) is 11.0. The Kier molecular flexibility index (Phi) is 4.14. The van der Waals surface area contributed by atoms with Crippen molar-refractivity contribution in [1.82, 2.24) is 4.90 Å². The lowest BCUT2D eigenvalue weighted by Crippen LogP contribution is -2.04. The number of hydrogen-bond donors (Lipinski definition) is 0. The highest BCUT2D eigenvalue weighted by Crippen LogP contribution is 2.41. The van der Waals surface area contributed by atoms with Gasteiger partial charge < -0.3 is 4.74 Å². The SMILES string of the molecule is CC(=O)OC/C=C(\C)CC[C@@H]1N(C)C1(C)C.